The van der Waals surface area contributed by atoms with Crippen molar-refractivity contribution in [3.05, 3.63) is 47.9 Å². The maximum Gasteiger partial charge on any atom is 0.271 e. The molecule has 5 rings (SSSR count). The number of hydrogen-bond donors (Lipinski definition) is 1. The third-order valence-corrected chi connectivity index (χ3v) is 8.06. The van der Waals surface area contributed by atoms with Crippen LogP contribution in [0.2, 0.25) is 0 Å². The van der Waals surface area contributed by atoms with Gasteiger partial charge in [0.2, 0.25) is 5.91 Å². The third-order valence-electron chi connectivity index (χ3n) is 8.06. The average molecular weight is 494 g/mol. The summed E-state index contributed by atoms with van der Waals surface area (Å²) in [5, 5.41) is 3.32. The summed E-state index contributed by atoms with van der Waals surface area (Å²) in [6.45, 7) is 4.82. The zero-order valence-electron chi connectivity index (χ0n) is 21.5. The van der Waals surface area contributed by atoms with Crippen LogP contribution in [0.4, 0.5) is 0 Å². The largest absolute Gasteiger partial charge is 0.497 e. The molecule has 1 saturated carbocycles. The van der Waals surface area contributed by atoms with E-state index in [9.17, 15) is 9.59 Å². The van der Waals surface area contributed by atoms with Crippen molar-refractivity contribution >= 4 is 22.9 Å². The van der Waals surface area contributed by atoms with E-state index in [4.69, 9.17) is 13.9 Å². The second-order valence-corrected chi connectivity index (χ2v) is 10.3. The molecule has 0 unspecified atom stereocenters. The molecule has 3 atom stereocenters. The molecule has 0 saturated heterocycles. The van der Waals surface area contributed by atoms with Crippen LogP contribution in [-0.2, 0) is 17.8 Å². The smallest absolute Gasteiger partial charge is 0.271 e. The van der Waals surface area contributed by atoms with Crippen molar-refractivity contribution in [3.8, 4) is 11.5 Å². The first-order valence-corrected chi connectivity index (χ1v) is 12.8. The lowest BCUT2D eigenvalue weighted by atomic mass is 9.85. The van der Waals surface area contributed by atoms with Crippen molar-refractivity contribution in [1.29, 1.82) is 0 Å². The molecule has 1 aromatic carbocycles. The number of carbonyl (C=O) groups is 2. The molecule has 0 bridgehead atoms. The topological polar surface area (TPSA) is 85.9 Å². The number of ether oxygens (including phenoxy) is 2. The Labute approximate surface area is 211 Å². The fourth-order valence-corrected chi connectivity index (χ4v) is 5.77. The molecule has 8 heteroatoms. The summed E-state index contributed by atoms with van der Waals surface area (Å²) in [6, 6.07) is 9.42. The Bertz CT molecular complexity index is 1280. The molecule has 1 fully saturated rings. The lowest BCUT2D eigenvalue weighted by Gasteiger charge is -2.45. The van der Waals surface area contributed by atoms with Gasteiger partial charge in [-0.3, -0.25) is 9.59 Å². The maximum atomic E-state index is 13.9. The number of furan rings is 1. The first-order valence-electron chi connectivity index (χ1n) is 12.8. The van der Waals surface area contributed by atoms with E-state index in [1.54, 1.807) is 31.4 Å². The molecule has 8 nitrogen and oxygen atoms in total. The minimum absolute atomic E-state index is 0.104. The molecule has 0 spiro atoms. The van der Waals surface area contributed by atoms with Gasteiger partial charge >= 0.3 is 0 Å². The predicted molar refractivity (Wildman–Crippen MR) is 136 cm³/mol. The van der Waals surface area contributed by atoms with E-state index in [1.165, 1.54) is 6.42 Å². The van der Waals surface area contributed by atoms with Gasteiger partial charge in [0, 0.05) is 30.8 Å². The van der Waals surface area contributed by atoms with Crippen LogP contribution in [0, 0.1) is 5.92 Å². The summed E-state index contributed by atoms with van der Waals surface area (Å²) >= 11 is 0. The lowest BCUT2D eigenvalue weighted by molar-refractivity contribution is -0.134. The molecule has 2 aliphatic rings. The van der Waals surface area contributed by atoms with Crippen LogP contribution < -0.4 is 14.8 Å². The summed E-state index contributed by atoms with van der Waals surface area (Å²) in [5.74, 6) is 1.55. The second kappa shape index (κ2) is 9.56. The molecular weight excluding hydrogens is 458 g/mol. The standard InChI is InChI=1S/C28H35N3O5/c1-18-7-5-6-8-21(18)29-27(33)28(2)17-30-22-12-14-36-25(22)16-23(30)26(32)31(28)13-11-19-9-10-20(34-3)15-24(19)35-4/h9-10,12,14-16,18,21H,5-8,11,13,17H2,1-4H3,(H,29,33)/t18-,21+,28+/m0/s1. The van der Waals surface area contributed by atoms with E-state index in [0.29, 0.717) is 48.2 Å². The number of fused-ring (bicyclic) bond motifs is 3. The molecule has 2 aromatic heterocycles. The normalized spacial score (nSPS) is 24.0. The summed E-state index contributed by atoms with van der Waals surface area (Å²) in [6.07, 6.45) is 6.55. The molecule has 1 aliphatic carbocycles. The predicted octanol–water partition coefficient (Wildman–Crippen LogP) is 4.40. The van der Waals surface area contributed by atoms with Crippen molar-refractivity contribution in [2.45, 2.75) is 64.1 Å². The van der Waals surface area contributed by atoms with Gasteiger partial charge in [-0.1, -0.05) is 25.8 Å². The number of methoxy groups -OCH3 is 2. The Morgan fingerprint density at radius 1 is 1.17 bits per heavy atom. The third kappa shape index (κ3) is 4.12. The molecule has 0 radical (unpaired) electrons. The number of benzene rings is 1. The monoisotopic (exact) mass is 493 g/mol. The van der Waals surface area contributed by atoms with Crippen LogP contribution in [0.3, 0.4) is 0 Å². The van der Waals surface area contributed by atoms with E-state index >= 15 is 0 Å². The van der Waals surface area contributed by atoms with Crippen LogP contribution in [0.15, 0.2) is 41.0 Å². The van der Waals surface area contributed by atoms with Crippen LogP contribution in [0.1, 0.15) is 55.6 Å². The first kappa shape index (κ1) is 24.3. The fourth-order valence-electron chi connectivity index (χ4n) is 5.77. The number of rotatable bonds is 7. The van der Waals surface area contributed by atoms with E-state index in [2.05, 4.69) is 12.2 Å². The van der Waals surface area contributed by atoms with Crippen molar-refractivity contribution in [1.82, 2.24) is 14.8 Å². The molecule has 2 amide bonds. The van der Waals surface area contributed by atoms with Crippen molar-refractivity contribution in [2.75, 3.05) is 20.8 Å². The van der Waals surface area contributed by atoms with E-state index in [0.717, 1.165) is 30.3 Å². The number of nitrogens with zero attached hydrogens (tertiary/aromatic N) is 2. The van der Waals surface area contributed by atoms with E-state index in [-0.39, 0.29) is 17.9 Å². The second-order valence-electron chi connectivity index (χ2n) is 10.3. The number of aromatic nitrogens is 1. The van der Waals surface area contributed by atoms with Gasteiger partial charge in [0.15, 0.2) is 5.58 Å². The van der Waals surface area contributed by atoms with Gasteiger partial charge < -0.3 is 28.7 Å². The van der Waals surface area contributed by atoms with Crippen LogP contribution in [-0.4, -0.2) is 53.6 Å². The van der Waals surface area contributed by atoms with Gasteiger partial charge in [0.25, 0.3) is 5.91 Å². The molecule has 1 aliphatic heterocycles. The van der Waals surface area contributed by atoms with Crippen molar-refractivity contribution in [2.24, 2.45) is 5.92 Å². The highest BCUT2D eigenvalue weighted by atomic mass is 16.5. The van der Waals surface area contributed by atoms with Gasteiger partial charge in [-0.15, -0.1) is 0 Å². The number of amides is 2. The Morgan fingerprint density at radius 3 is 2.72 bits per heavy atom. The molecule has 192 valence electrons. The number of carbonyl (C=O) groups excluding carboxylic acids is 2. The van der Waals surface area contributed by atoms with Crippen LogP contribution in [0.5, 0.6) is 11.5 Å². The SMILES string of the molecule is COc1ccc(CCN2C(=O)c3cc4occc4n3C[C@]2(C)C(=O)N[C@@H]2CCCC[C@@H]2C)c(OC)c1. The summed E-state index contributed by atoms with van der Waals surface area (Å²) in [4.78, 5) is 29.5. The highest BCUT2D eigenvalue weighted by molar-refractivity contribution is 6.03. The van der Waals surface area contributed by atoms with E-state index < -0.39 is 5.54 Å². The Morgan fingerprint density at radius 2 is 1.97 bits per heavy atom. The number of nitrogens with one attached hydrogen (secondary N) is 1. The maximum absolute atomic E-state index is 13.9. The molecular formula is C28H35N3O5. The zero-order chi connectivity index (χ0) is 25.4. The summed E-state index contributed by atoms with van der Waals surface area (Å²) < 4.78 is 18.4. The molecule has 3 heterocycles. The van der Waals surface area contributed by atoms with E-state index in [1.807, 2.05) is 35.8 Å². The Balaban J connectivity index is 1.47. The lowest BCUT2D eigenvalue weighted by Crippen LogP contribution is -2.65. The summed E-state index contributed by atoms with van der Waals surface area (Å²) in [7, 11) is 3.23. The molecule has 3 aromatic rings. The minimum atomic E-state index is -1.05. The highest BCUT2D eigenvalue weighted by Crippen LogP contribution is 2.34. The summed E-state index contributed by atoms with van der Waals surface area (Å²) in [5.41, 5.74) is 1.93. The Hall–Kier alpha value is -3.42. The van der Waals surface area contributed by atoms with Gasteiger partial charge in [0.1, 0.15) is 22.7 Å². The number of hydrogen-bond acceptors (Lipinski definition) is 5. The molecule has 1 N–H and O–H groups in total. The van der Waals surface area contributed by atoms with Crippen molar-refractivity contribution < 1.29 is 23.5 Å². The first-order chi connectivity index (χ1) is 17.4. The quantitative estimate of drug-likeness (QED) is 0.527. The van der Waals surface area contributed by atoms with Crippen molar-refractivity contribution in [3.63, 3.8) is 0 Å². The van der Waals surface area contributed by atoms with Crippen LogP contribution >= 0.6 is 0 Å². The van der Waals surface area contributed by atoms with Gasteiger partial charge in [0.05, 0.1) is 32.5 Å². The van der Waals surface area contributed by atoms with Gasteiger partial charge in [-0.25, -0.2) is 0 Å². The van der Waals surface area contributed by atoms with Crippen LogP contribution in [0.25, 0.3) is 11.1 Å². The average Bonchev–Trinajstić information content (AvgIpc) is 3.47. The van der Waals surface area contributed by atoms with Gasteiger partial charge in [-0.05, 0) is 43.7 Å². The minimum Gasteiger partial charge on any atom is -0.497 e. The van der Waals surface area contributed by atoms with Gasteiger partial charge in [-0.2, -0.15) is 0 Å². The Kier molecular flexibility index (Phi) is 6.45. The zero-order valence-corrected chi connectivity index (χ0v) is 21.5. The fraction of sp³-hybridized carbons (Fsp3) is 0.500. The molecule has 36 heavy (non-hydrogen) atoms. The highest BCUT2D eigenvalue weighted by Gasteiger charge is 2.48.